The highest BCUT2D eigenvalue weighted by atomic mass is 16.6. The van der Waals surface area contributed by atoms with Crippen molar-refractivity contribution in [1.82, 2.24) is 0 Å². The number of ether oxygens (including phenoxy) is 1. The molecule has 13 heavy (non-hydrogen) atoms. The minimum Gasteiger partial charge on any atom is -0.478 e. The van der Waals surface area contributed by atoms with Gasteiger partial charge in [0.15, 0.2) is 0 Å². The monoisotopic (exact) mass is 188 g/mol. The highest BCUT2D eigenvalue weighted by Gasteiger charge is 2.51. The molecule has 72 valence electrons. The van der Waals surface area contributed by atoms with Crippen molar-refractivity contribution in [3.05, 3.63) is 11.8 Å². The van der Waals surface area contributed by atoms with Gasteiger partial charge in [0.2, 0.25) is 0 Å². The van der Waals surface area contributed by atoms with Gasteiger partial charge < -0.3 is 20.1 Å². The number of carbonyl (C=O) groups is 2. The van der Waals surface area contributed by atoms with Gasteiger partial charge >= 0.3 is 17.5 Å². The molecule has 0 amide bonds. The summed E-state index contributed by atoms with van der Waals surface area (Å²) < 4.78 is 4.63. The van der Waals surface area contributed by atoms with Crippen LogP contribution in [0, 0.1) is 0 Å². The first-order chi connectivity index (χ1) is 6.03. The second kappa shape index (κ2) is 3.06. The zero-order valence-corrected chi connectivity index (χ0v) is 6.56. The predicted molar refractivity (Wildman–Crippen MR) is 38.9 cm³/mol. The van der Waals surface area contributed by atoms with E-state index < -0.39 is 24.1 Å². The van der Waals surface area contributed by atoms with Crippen LogP contribution < -0.4 is 0 Å². The molecule has 1 aliphatic heterocycles. The molecule has 1 rings (SSSR count). The summed E-state index contributed by atoms with van der Waals surface area (Å²) in [6, 6.07) is 0. The highest BCUT2D eigenvalue weighted by Crippen LogP contribution is 2.28. The van der Waals surface area contributed by atoms with Crippen molar-refractivity contribution in [3.63, 3.8) is 0 Å². The Morgan fingerprint density at radius 1 is 1.46 bits per heavy atom. The fraction of sp³-hybridized carbons (Fsp3) is 0.429. The second-order valence-electron chi connectivity index (χ2n) is 2.57. The first-order valence-electron chi connectivity index (χ1n) is 3.48. The number of hydrogen-bond acceptors (Lipinski definition) is 4. The lowest BCUT2D eigenvalue weighted by atomic mass is 10.0. The third-order valence-corrected chi connectivity index (χ3v) is 1.77. The van der Waals surface area contributed by atoms with Crippen LogP contribution in [-0.2, 0) is 14.3 Å². The summed E-state index contributed by atoms with van der Waals surface area (Å²) in [6.07, 6.45) is 0.982. The fourth-order valence-corrected chi connectivity index (χ4v) is 1.01. The SMILES string of the molecule is O=C(O)C1(C(=O)O)CC=C(CO)O1. The van der Waals surface area contributed by atoms with E-state index in [-0.39, 0.29) is 12.2 Å². The van der Waals surface area contributed by atoms with E-state index >= 15 is 0 Å². The van der Waals surface area contributed by atoms with Gasteiger partial charge in [-0.1, -0.05) is 0 Å². The molecular weight excluding hydrogens is 180 g/mol. The Labute approximate surface area is 73.1 Å². The zero-order chi connectivity index (χ0) is 10.1. The van der Waals surface area contributed by atoms with Crippen molar-refractivity contribution in [2.24, 2.45) is 0 Å². The van der Waals surface area contributed by atoms with Gasteiger partial charge in [-0.25, -0.2) is 9.59 Å². The quantitative estimate of drug-likeness (QED) is 0.500. The largest absolute Gasteiger partial charge is 0.478 e. The Morgan fingerprint density at radius 2 is 2.00 bits per heavy atom. The van der Waals surface area contributed by atoms with Gasteiger partial charge in [-0.3, -0.25) is 0 Å². The molecule has 0 aliphatic carbocycles. The Bertz CT molecular complexity index is 265. The molecule has 0 atom stereocenters. The molecule has 6 nitrogen and oxygen atoms in total. The Balaban J connectivity index is 2.89. The molecule has 0 spiro atoms. The summed E-state index contributed by atoms with van der Waals surface area (Å²) in [5.74, 6) is -3.16. The molecule has 0 saturated heterocycles. The smallest absolute Gasteiger partial charge is 0.360 e. The molecule has 6 heteroatoms. The molecular formula is C7H8O6. The minimum atomic E-state index is -2.25. The van der Waals surface area contributed by atoms with Gasteiger partial charge in [-0.05, 0) is 6.08 Å². The van der Waals surface area contributed by atoms with Gasteiger partial charge in [0.1, 0.15) is 12.4 Å². The third kappa shape index (κ3) is 1.35. The van der Waals surface area contributed by atoms with Crippen molar-refractivity contribution in [2.75, 3.05) is 6.61 Å². The van der Waals surface area contributed by atoms with Crippen molar-refractivity contribution >= 4 is 11.9 Å². The minimum absolute atomic E-state index is 0.0233. The predicted octanol–water partition coefficient (Wildman–Crippen LogP) is -0.809. The molecule has 0 bridgehead atoms. The van der Waals surface area contributed by atoms with Crippen molar-refractivity contribution < 1.29 is 29.6 Å². The van der Waals surface area contributed by atoms with Crippen LogP contribution in [0.15, 0.2) is 11.8 Å². The van der Waals surface area contributed by atoms with Gasteiger partial charge in [0, 0.05) is 6.42 Å². The number of aliphatic hydroxyl groups excluding tert-OH is 1. The number of carboxylic acid groups (broad SMARTS) is 2. The lowest BCUT2D eigenvalue weighted by Crippen LogP contribution is -2.46. The number of aliphatic carboxylic acids is 2. The summed E-state index contributed by atoms with van der Waals surface area (Å²) in [6.45, 7) is -0.498. The average molecular weight is 188 g/mol. The van der Waals surface area contributed by atoms with E-state index in [0.717, 1.165) is 0 Å². The van der Waals surface area contributed by atoms with E-state index in [1.807, 2.05) is 0 Å². The first-order valence-corrected chi connectivity index (χ1v) is 3.48. The van der Waals surface area contributed by atoms with Crippen LogP contribution in [-0.4, -0.2) is 39.5 Å². The maximum atomic E-state index is 10.6. The number of aliphatic hydroxyl groups is 1. The first kappa shape index (κ1) is 9.53. The van der Waals surface area contributed by atoms with Crippen LogP contribution >= 0.6 is 0 Å². The lowest BCUT2D eigenvalue weighted by molar-refractivity contribution is -0.176. The van der Waals surface area contributed by atoms with Crippen LogP contribution in [0.3, 0.4) is 0 Å². The lowest BCUT2D eigenvalue weighted by Gasteiger charge is -2.19. The summed E-state index contributed by atoms with van der Waals surface area (Å²) >= 11 is 0. The van der Waals surface area contributed by atoms with Crippen molar-refractivity contribution in [1.29, 1.82) is 0 Å². The van der Waals surface area contributed by atoms with E-state index in [4.69, 9.17) is 15.3 Å². The van der Waals surface area contributed by atoms with E-state index in [1.54, 1.807) is 0 Å². The molecule has 1 heterocycles. The van der Waals surface area contributed by atoms with Crippen LogP contribution in [0.4, 0.5) is 0 Å². The zero-order valence-electron chi connectivity index (χ0n) is 6.56. The summed E-state index contributed by atoms with van der Waals surface area (Å²) in [7, 11) is 0. The topological polar surface area (TPSA) is 104 Å². The maximum Gasteiger partial charge on any atom is 0.360 e. The molecule has 0 unspecified atom stereocenters. The number of rotatable bonds is 3. The molecule has 0 saturated carbocycles. The van der Waals surface area contributed by atoms with E-state index in [2.05, 4.69) is 4.74 Å². The molecule has 0 aromatic carbocycles. The number of carboxylic acids is 2. The Kier molecular flexibility index (Phi) is 2.24. The average Bonchev–Trinajstić information content (AvgIpc) is 2.48. The highest BCUT2D eigenvalue weighted by molar-refractivity contribution is 6.02. The maximum absolute atomic E-state index is 10.6. The van der Waals surface area contributed by atoms with Gasteiger partial charge in [-0.15, -0.1) is 0 Å². The molecule has 0 aromatic rings. The molecule has 0 aromatic heterocycles. The van der Waals surface area contributed by atoms with Crippen molar-refractivity contribution in [2.45, 2.75) is 12.0 Å². The standard InChI is InChI=1S/C7H8O6/c8-3-4-1-2-7(13-4,5(9)10)6(11)12/h1,8H,2-3H2,(H,9,10)(H,11,12). The Morgan fingerprint density at radius 3 is 2.23 bits per heavy atom. The molecule has 1 aliphatic rings. The van der Waals surface area contributed by atoms with E-state index in [1.165, 1.54) is 6.08 Å². The summed E-state index contributed by atoms with van der Waals surface area (Å²) in [5, 5.41) is 25.8. The summed E-state index contributed by atoms with van der Waals surface area (Å²) in [4.78, 5) is 21.2. The van der Waals surface area contributed by atoms with Gasteiger partial charge in [-0.2, -0.15) is 0 Å². The van der Waals surface area contributed by atoms with Crippen LogP contribution in [0.2, 0.25) is 0 Å². The molecule has 3 N–H and O–H groups in total. The van der Waals surface area contributed by atoms with Gasteiger partial charge in [0.05, 0.1) is 0 Å². The fourth-order valence-electron chi connectivity index (χ4n) is 1.01. The van der Waals surface area contributed by atoms with Crippen LogP contribution in [0.1, 0.15) is 6.42 Å². The molecule has 0 fully saturated rings. The van der Waals surface area contributed by atoms with Gasteiger partial charge in [0.25, 0.3) is 0 Å². The second-order valence-corrected chi connectivity index (χ2v) is 2.57. The number of hydrogen-bond donors (Lipinski definition) is 3. The van der Waals surface area contributed by atoms with Crippen molar-refractivity contribution in [3.8, 4) is 0 Å². The summed E-state index contributed by atoms with van der Waals surface area (Å²) in [5.41, 5.74) is -2.25. The third-order valence-electron chi connectivity index (χ3n) is 1.77. The van der Waals surface area contributed by atoms with Crippen LogP contribution in [0.25, 0.3) is 0 Å². The van der Waals surface area contributed by atoms with E-state index in [9.17, 15) is 9.59 Å². The van der Waals surface area contributed by atoms with Crippen LogP contribution in [0.5, 0.6) is 0 Å². The Hall–Kier alpha value is -1.56. The normalized spacial score (nSPS) is 19.0. The molecule has 0 radical (unpaired) electrons. The van der Waals surface area contributed by atoms with E-state index in [0.29, 0.717) is 0 Å².